The van der Waals surface area contributed by atoms with Crippen molar-refractivity contribution >= 4 is 10.9 Å². The van der Waals surface area contributed by atoms with Gasteiger partial charge in [-0.2, -0.15) is 0 Å². The van der Waals surface area contributed by atoms with Gasteiger partial charge in [0.1, 0.15) is 5.82 Å². The SMILES string of the molecule is OCCC(NCc1cc(F)cc2cccnc12)c1ccccc1. The number of fused-ring (bicyclic) bond motifs is 1. The van der Waals surface area contributed by atoms with Crippen molar-refractivity contribution in [1.29, 1.82) is 0 Å². The molecule has 1 atom stereocenters. The maximum atomic E-state index is 13.8. The summed E-state index contributed by atoms with van der Waals surface area (Å²) < 4.78 is 13.8. The first-order valence-electron chi connectivity index (χ1n) is 7.70. The molecule has 3 nitrogen and oxygen atoms in total. The molecule has 1 heterocycles. The highest BCUT2D eigenvalue weighted by Gasteiger charge is 2.12. The maximum absolute atomic E-state index is 13.8. The fraction of sp³-hybridized carbons (Fsp3) is 0.211. The number of aromatic nitrogens is 1. The number of nitrogens with one attached hydrogen (secondary N) is 1. The van der Waals surface area contributed by atoms with Gasteiger partial charge < -0.3 is 10.4 Å². The van der Waals surface area contributed by atoms with Crippen LogP contribution in [0.5, 0.6) is 0 Å². The zero-order valence-electron chi connectivity index (χ0n) is 12.7. The van der Waals surface area contributed by atoms with E-state index in [4.69, 9.17) is 0 Å². The van der Waals surface area contributed by atoms with E-state index in [1.165, 1.54) is 12.1 Å². The summed E-state index contributed by atoms with van der Waals surface area (Å²) in [7, 11) is 0. The molecule has 0 spiro atoms. The van der Waals surface area contributed by atoms with Gasteiger partial charge in [0.2, 0.25) is 0 Å². The fourth-order valence-corrected chi connectivity index (χ4v) is 2.80. The van der Waals surface area contributed by atoms with Crippen molar-refractivity contribution in [2.45, 2.75) is 19.0 Å². The highest BCUT2D eigenvalue weighted by Crippen LogP contribution is 2.21. The highest BCUT2D eigenvalue weighted by molar-refractivity contribution is 5.81. The summed E-state index contributed by atoms with van der Waals surface area (Å²) in [5.74, 6) is -0.263. The van der Waals surface area contributed by atoms with Crippen molar-refractivity contribution in [1.82, 2.24) is 10.3 Å². The lowest BCUT2D eigenvalue weighted by molar-refractivity contribution is 0.265. The second-order valence-corrected chi connectivity index (χ2v) is 5.50. The van der Waals surface area contributed by atoms with E-state index < -0.39 is 0 Å². The normalized spacial score (nSPS) is 12.4. The number of benzene rings is 2. The Labute approximate surface area is 134 Å². The van der Waals surface area contributed by atoms with E-state index in [-0.39, 0.29) is 18.5 Å². The molecule has 0 aliphatic carbocycles. The molecule has 0 aliphatic heterocycles. The zero-order chi connectivity index (χ0) is 16.1. The van der Waals surface area contributed by atoms with Crippen LogP contribution in [0.3, 0.4) is 0 Å². The number of pyridine rings is 1. The number of aliphatic hydroxyl groups is 1. The lowest BCUT2D eigenvalue weighted by atomic mass is 10.0. The largest absolute Gasteiger partial charge is 0.396 e. The van der Waals surface area contributed by atoms with Gasteiger partial charge in [0.25, 0.3) is 0 Å². The smallest absolute Gasteiger partial charge is 0.124 e. The van der Waals surface area contributed by atoms with E-state index in [2.05, 4.69) is 10.3 Å². The van der Waals surface area contributed by atoms with Crippen LogP contribution in [0.1, 0.15) is 23.6 Å². The van der Waals surface area contributed by atoms with Gasteiger partial charge in [-0.3, -0.25) is 4.98 Å². The number of halogens is 1. The van der Waals surface area contributed by atoms with Crippen LogP contribution in [0, 0.1) is 5.82 Å². The minimum atomic E-state index is -0.263. The standard InChI is InChI=1S/C19H19FN2O/c20-17-11-15-7-4-9-21-19(15)16(12-17)13-22-18(8-10-23)14-5-2-1-3-6-14/h1-7,9,11-12,18,22-23H,8,10,13H2. The van der Waals surface area contributed by atoms with Crippen LogP contribution >= 0.6 is 0 Å². The van der Waals surface area contributed by atoms with Crippen LogP contribution in [-0.2, 0) is 6.54 Å². The van der Waals surface area contributed by atoms with E-state index in [0.29, 0.717) is 13.0 Å². The zero-order valence-corrected chi connectivity index (χ0v) is 12.7. The van der Waals surface area contributed by atoms with E-state index in [0.717, 1.165) is 22.0 Å². The first kappa shape index (κ1) is 15.6. The van der Waals surface area contributed by atoms with Crippen molar-refractivity contribution in [2.75, 3.05) is 6.61 Å². The molecule has 2 aromatic carbocycles. The van der Waals surface area contributed by atoms with Crippen molar-refractivity contribution in [3.63, 3.8) is 0 Å². The van der Waals surface area contributed by atoms with E-state index >= 15 is 0 Å². The highest BCUT2D eigenvalue weighted by atomic mass is 19.1. The van der Waals surface area contributed by atoms with Crippen molar-refractivity contribution in [3.8, 4) is 0 Å². The molecule has 3 aromatic rings. The lowest BCUT2D eigenvalue weighted by Crippen LogP contribution is -2.22. The summed E-state index contributed by atoms with van der Waals surface area (Å²) in [6.07, 6.45) is 2.32. The fourth-order valence-electron chi connectivity index (χ4n) is 2.80. The Morgan fingerprint density at radius 3 is 2.70 bits per heavy atom. The molecular weight excluding hydrogens is 291 g/mol. The summed E-state index contributed by atoms with van der Waals surface area (Å²) >= 11 is 0. The average Bonchev–Trinajstić information content (AvgIpc) is 2.59. The molecule has 0 amide bonds. The van der Waals surface area contributed by atoms with E-state index in [9.17, 15) is 9.50 Å². The number of aliphatic hydroxyl groups excluding tert-OH is 1. The molecule has 1 aromatic heterocycles. The minimum Gasteiger partial charge on any atom is -0.396 e. The molecule has 118 valence electrons. The van der Waals surface area contributed by atoms with Gasteiger partial charge in [-0.1, -0.05) is 36.4 Å². The number of nitrogens with zero attached hydrogens (tertiary/aromatic N) is 1. The van der Waals surface area contributed by atoms with Crippen LogP contribution in [-0.4, -0.2) is 16.7 Å². The first-order valence-corrected chi connectivity index (χ1v) is 7.70. The predicted octanol–water partition coefficient (Wildman–Crippen LogP) is 3.59. The summed E-state index contributed by atoms with van der Waals surface area (Å²) in [6.45, 7) is 0.583. The molecule has 3 rings (SSSR count). The predicted molar refractivity (Wildman–Crippen MR) is 89.4 cm³/mol. The Hall–Kier alpha value is -2.30. The Balaban J connectivity index is 1.84. The second-order valence-electron chi connectivity index (χ2n) is 5.50. The number of hydrogen-bond donors (Lipinski definition) is 2. The minimum absolute atomic E-state index is 0.0169. The van der Waals surface area contributed by atoms with Gasteiger partial charge in [-0.15, -0.1) is 0 Å². The summed E-state index contributed by atoms with van der Waals surface area (Å²) in [5, 5.41) is 13.5. The van der Waals surface area contributed by atoms with Crippen molar-refractivity contribution in [2.24, 2.45) is 0 Å². The van der Waals surface area contributed by atoms with E-state index in [1.807, 2.05) is 36.4 Å². The molecule has 0 radical (unpaired) electrons. The molecular formula is C19H19FN2O. The van der Waals surface area contributed by atoms with Crippen LogP contribution < -0.4 is 5.32 Å². The molecule has 4 heteroatoms. The Bertz CT molecular complexity index is 777. The average molecular weight is 310 g/mol. The van der Waals surface area contributed by atoms with Crippen LogP contribution in [0.15, 0.2) is 60.8 Å². The Morgan fingerprint density at radius 2 is 1.91 bits per heavy atom. The number of hydrogen-bond acceptors (Lipinski definition) is 3. The third-order valence-electron chi connectivity index (χ3n) is 3.91. The topological polar surface area (TPSA) is 45.1 Å². The molecule has 23 heavy (non-hydrogen) atoms. The van der Waals surface area contributed by atoms with Gasteiger partial charge in [0.05, 0.1) is 5.52 Å². The van der Waals surface area contributed by atoms with Gasteiger partial charge in [-0.25, -0.2) is 4.39 Å². The molecule has 0 saturated heterocycles. The van der Waals surface area contributed by atoms with Gasteiger partial charge in [0, 0.05) is 30.8 Å². The van der Waals surface area contributed by atoms with Crippen LogP contribution in [0.4, 0.5) is 4.39 Å². The summed E-state index contributed by atoms with van der Waals surface area (Å²) in [6, 6.07) is 16.6. The Morgan fingerprint density at radius 1 is 1.09 bits per heavy atom. The van der Waals surface area contributed by atoms with Gasteiger partial charge in [-0.05, 0) is 35.7 Å². The van der Waals surface area contributed by atoms with Crippen LogP contribution in [0.25, 0.3) is 10.9 Å². The number of rotatable bonds is 6. The lowest BCUT2D eigenvalue weighted by Gasteiger charge is -2.19. The third kappa shape index (κ3) is 3.73. The Kier molecular flexibility index (Phi) is 4.95. The molecule has 1 unspecified atom stereocenters. The summed E-state index contributed by atoms with van der Waals surface area (Å²) in [5.41, 5.74) is 2.73. The molecule has 2 N–H and O–H groups in total. The van der Waals surface area contributed by atoms with Crippen LogP contribution in [0.2, 0.25) is 0 Å². The monoisotopic (exact) mass is 310 g/mol. The van der Waals surface area contributed by atoms with Gasteiger partial charge >= 0.3 is 0 Å². The van der Waals surface area contributed by atoms with E-state index in [1.54, 1.807) is 12.3 Å². The molecule has 0 aliphatic rings. The molecule has 0 fully saturated rings. The second kappa shape index (κ2) is 7.31. The van der Waals surface area contributed by atoms with Gasteiger partial charge in [0.15, 0.2) is 0 Å². The molecule has 0 bridgehead atoms. The quantitative estimate of drug-likeness (QED) is 0.731. The van der Waals surface area contributed by atoms with Crippen molar-refractivity contribution in [3.05, 3.63) is 77.7 Å². The maximum Gasteiger partial charge on any atom is 0.124 e. The first-order chi connectivity index (χ1) is 11.3. The summed E-state index contributed by atoms with van der Waals surface area (Å²) in [4.78, 5) is 4.36. The van der Waals surface area contributed by atoms with Crippen molar-refractivity contribution < 1.29 is 9.50 Å². The molecule has 0 saturated carbocycles. The third-order valence-corrected chi connectivity index (χ3v) is 3.91.